The Hall–Kier alpha value is -2.01. The SMILES string of the molecule is CCN(CC)C(=O)CN(Cc1ccco1)Cc1ccco1. The van der Waals surface area contributed by atoms with Crippen LogP contribution in [0.1, 0.15) is 25.4 Å². The smallest absolute Gasteiger partial charge is 0.236 e. The molecular formula is C16H22N2O3. The van der Waals surface area contributed by atoms with E-state index in [2.05, 4.69) is 0 Å². The Morgan fingerprint density at radius 3 is 1.90 bits per heavy atom. The van der Waals surface area contributed by atoms with Crippen molar-refractivity contribution in [2.24, 2.45) is 0 Å². The number of hydrogen-bond donors (Lipinski definition) is 0. The quantitative estimate of drug-likeness (QED) is 0.750. The molecule has 2 rings (SSSR count). The normalized spacial score (nSPS) is 11.0. The summed E-state index contributed by atoms with van der Waals surface area (Å²) >= 11 is 0. The van der Waals surface area contributed by atoms with Gasteiger partial charge in [0.15, 0.2) is 0 Å². The van der Waals surface area contributed by atoms with Crippen molar-refractivity contribution in [1.29, 1.82) is 0 Å². The molecule has 2 aromatic rings. The molecule has 0 bridgehead atoms. The summed E-state index contributed by atoms with van der Waals surface area (Å²) in [5, 5.41) is 0. The maximum atomic E-state index is 12.3. The summed E-state index contributed by atoms with van der Waals surface area (Å²) in [7, 11) is 0. The van der Waals surface area contributed by atoms with Crippen LogP contribution in [-0.4, -0.2) is 35.3 Å². The van der Waals surface area contributed by atoms with Crippen LogP contribution in [-0.2, 0) is 17.9 Å². The molecule has 0 aliphatic heterocycles. The number of nitrogens with zero attached hydrogens (tertiary/aromatic N) is 2. The summed E-state index contributed by atoms with van der Waals surface area (Å²) in [5.74, 6) is 1.81. The summed E-state index contributed by atoms with van der Waals surface area (Å²) < 4.78 is 10.8. The molecule has 2 heterocycles. The van der Waals surface area contributed by atoms with Gasteiger partial charge in [-0.3, -0.25) is 9.69 Å². The van der Waals surface area contributed by atoms with Crippen molar-refractivity contribution in [3.8, 4) is 0 Å². The van der Waals surface area contributed by atoms with Crippen molar-refractivity contribution in [2.45, 2.75) is 26.9 Å². The molecule has 0 atom stereocenters. The molecule has 5 nitrogen and oxygen atoms in total. The maximum absolute atomic E-state index is 12.3. The third-order valence-electron chi connectivity index (χ3n) is 3.39. The highest BCUT2D eigenvalue weighted by Crippen LogP contribution is 2.11. The predicted octanol–water partition coefficient (Wildman–Crippen LogP) is 2.74. The van der Waals surface area contributed by atoms with Gasteiger partial charge < -0.3 is 13.7 Å². The van der Waals surface area contributed by atoms with Crippen LogP contribution >= 0.6 is 0 Å². The molecule has 0 aliphatic rings. The Morgan fingerprint density at radius 2 is 1.52 bits per heavy atom. The second-order valence-corrected chi connectivity index (χ2v) is 4.87. The summed E-state index contributed by atoms with van der Waals surface area (Å²) in [6.07, 6.45) is 3.29. The van der Waals surface area contributed by atoms with E-state index in [1.54, 1.807) is 12.5 Å². The third kappa shape index (κ3) is 4.49. The Morgan fingerprint density at radius 1 is 1.00 bits per heavy atom. The van der Waals surface area contributed by atoms with Crippen LogP contribution in [0.4, 0.5) is 0 Å². The Kier molecular flexibility index (Phi) is 5.63. The van der Waals surface area contributed by atoms with Crippen LogP contribution in [0, 0.1) is 0 Å². The van der Waals surface area contributed by atoms with Gasteiger partial charge >= 0.3 is 0 Å². The summed E-state index contributed by atoms with van der Waals surface area (Å²) in [6.45, 7) is 6.95. The van der Waals surface area contributed by atoms with Crippen molar-refractivity contribution >= 4 is 5.91 Å². The van der Waals surface area contributed by atoms with Crippen LogP contribution in [0.3, 0.4) is 0 Å². The topological polar surface area (TPSA) is 49.8 Å². The minimum Gasteiger partial charge on any atom is -0.468 e. The van der Waals surface area contributed by atoms with Crippen molar-refractivity contribution < 1.29 is 13.6 Å². The van der Waals surface area contributed by atoms with Crippen molar-refractivity contribution in [2.75, 3.05) is 19.6 Å². The van der Waals surface area contributed by atoms with Gasteiger partial charge in [0.25, 0.3) is 0 Å². The monoisotopic (exact) mass is 290 g/mol. The van der Waals surface area contributed by atoms with Crippen molar-refractivity contribution in [3.63, 3.8) is 0 Å². The fraction of sp³-hybridized carbons (Fsp3) is 0.438. The van der Waals surface area contributed by atoms with E-state index in [4.69, 9.17) is 8.83 Å². The second kappa shape index (κ2) is 7.69. The maximum Gasteiger partial charge on any atom is 0.236 e. The van der Waals surface area contributed by atoms with Gasteiger partial charge in [-0.05, 0) is 38.1 Å². The van der Waals surface area contributed by atoms with E-state index < -0.39 is 0 Å². The Bertz CT molecular complexity index is 479. The molecule has 0 saturated heterocycles. The Labute approximate surface area is 125 Å². The first-order chi connectivity index (χ1) is 10.2. The van der Waals surface area contributed by atoms with E-state index in [0.717, 1.165) is 24.6 Å². The van der Waals surface area contributed by atoms with Gasteiger partial charge in [0.2, 0.25) is 5.91 Å². The number of carbonyl (C=O) groups excluding carboxylic acids is 1. The van der Waals surface area contributed by atoms with E-state index in [-0.39, 0.29) is 5.91 Å². The standard InChI is InChI=1S/C16H22N2O3/c1-3-18(4-2)16(19)13-17(11-14-7-5-9-20-14)12-15-8-6-10-21-15/h5-10H,3-4,11-13H2,1-2H3. The number of rotatable bonds is 8. The molecule has 0 saturated carbocycles. The van der Waals surface area contributed by atoms with Gasteiger partial charge in [-0.1, -0.05) is 0 Å². The van der Waals surface area contributed by atoms with E-state index in [1.807, 2.05) is 47.9 Å². The van der Waals surface area contributed by atoms with E-state index in [1.165, 1.54) is 0 Å². The lowest BCUT2D eigenvalue weighted by atomic mass is 10.3. The number of likely N-dealkylation sites (N-methyl/N-ethyl adjacent to an activating group) is 1. The predicted molar refractivity (Wildman–Crippen MR) is 79.5 cm³/mol. The zero-order chi connectivity index (χ0) is 15.1. The second-order valence-electron chi connectivity index (χ2n) is 4.87. The average molecular weight is 290 g/mol. The molecule has 21 heavy (non-hydrogen) atoms. The molecule has 0 spiro atoms. The fourth-order valence-corrected chi connectivity index (χ4v) is 2.28. The van der Waals surface area contributed by atoms with E-state index in [9.17, 15) is 4.79 Å². The minimum atomic E-state index is 0.123. The molecule has 0 N–H and O–H groups in total. The molecule has 0 radical (unpaired) electrons. The molecule has 2 aromatic heterocycles. The minimum absolute atomic E-state index is 0.123. The zero-order valence-corrected chi connectivity index (χ0v) is 12.6. The van der Waals surface area contributed by atoms with Crippen molar-refractivity contribution in [3.05, 3.63) is 48.3 Å². The fourth-order valence-electron chi connectivity index (χ4n) is 2.28. The highest BCUT2D eigenvalue weighted by molar-refractivity contribution is 5.78. The summed E-state index contributed by atoms with van der Waals surface area (Å²) in [6, 6.07) is 7.53. The van der Waals surface area contributed by atoms with Gasteiger partial charge in [-0.25, -0.2) is 0 Å². The van der Waals surface area contributed by atoms with E-state index >= 15 is 0 Å². The molecule has 1 amide bonds. The highest BCUT2D eigenvalue weighted by Gasteiger charge is 2.17. The lowest BCUT2D eigenvalue weighted by Crippen LogP contribution is -2.39. The lowest BCUT2D eigenvalue weighted by molar-refractivity contribution is -0.132. The van der Waals surface area contributed by atoms with Gasteiger partial charge in [-0.15, -0.1) is 0 Å². The molecule has 5 heteroatoms. The molecule has 0 aliphatic carbocycles. The van der Waals surface area contributed by atoms with Crippen molar-refractivity contribution in [1.82, 2.24) is 9.80 Å². The molecular weight excluding hydrogens is 268 g/mol. The first-order valence-corrected chi connectivity index (χ1v) is 7.27. The molecule has 0 unspecified atom stereocenters. The summed E-state index contributed by atoms with van der Waals surface area (Å²) in [5.41, 5.74) is 0. The van der Waals surface area contributed by atoms with Crippen LogP contribution < -0.4 is 0 Å². The van der Waals surface area contributed by atoms with Crippen LogP contribution in [0.5, 0.6) is 0 Å². The van der Waals surface area contributed by atoms with E-state index in [0.29, 0.717) is 19.6 Å². The molecule has 114 valence electrons. The van der Waals surface area contributed by atoms with Gasteiger partial charge in [-0.2, -0.15) is 0 Å². The van der Waals surface area contributed by atoms with Gasteiger partial charge in [0, 0.05) is 13.1 Å². The van der Waals surface area contributed by atoms with Crippen LogP contribution in [0.15, 0.2) is 45.6 Å². The van der Waals surface area contributed by atoms with Crippen LogP contribution in [0.2, 0.25) is 0 Å². The first kappa shape index (κ1) is 15.4. The number of carbonyl (C=O) groups is 1. The van der Waals surface area contributed by atoms with Crippen LogP contribution in [0.25, 0.3) is 0 Å². The third-order valence-corrected chi connectivity index (χ3v) is 3.39. The number of hydrogen-bond acceptors (Lipinski definition) is 4. The summed E-state index contributed by atoms with van der Waals surface area (Å²) in [4.78, 5) is 16.2. The zero-order valence-electron chi connectivity index (χ0n) is 12.6. The number of furan rings is 2. The lowest BCUT2D eigenvalue weighted by Gasteiger charge is -2.24. The molecule has 0 aromatic carbocycles. The van der Waals surface area contributed by atoms with Gasteiger partial charge in [0.1, 0.15) is 11.5 Å². The first-order valence-electron chi connectivity index (χ1n) is 7.27. The average Bonchev–Trinajstić information content (AvgIpc) is 3.13. The Balaban J connectivity index is 2.02. The highest BCUT2D eigenvalue weighted by atomic mass is 16.3. The number of amides is 1. The largest absolute Gasteiger partial charge is 0.468 e. The van der Waals surface area contributed by atoms with Gasteiger partial charge in [0.05, 0.1) is 32.2 Å². The molecule has 0 fully saturated rings.